The molecule has 6 saturated heterocycles. The number of methoxy groups -OCH3 is 2. The lowest BCUT2D eigenvalue weighted by Gasteiger charge is -2.51. The number of carboxylic acid groups (broad SMARTS) is 2. The average Bonchev–Trinajstić information content (AvgIpc) is 0.768. The number of ether oxygens (including phenoxy) is 12. The number of hydrogen-bond acceptors (Lipinski definition) is 51. The van der Waals surface area contributed by atoms with E-state index < -0.39 is 284 Å². The molecule has 30 atom stereocenters. The lowest BCUT2D eigenvalue weighted by molar-refractivity contribution is -0.384. The predicted molar refractivity (Wildman–Crippen MR) is 266 cm³/mol. The molecule has 53 nitrogen and oxygen atoms in total. The van der Waals surface area contributed by atoms with Crippen molar-refractivity contribution in [3.8, 4) is 0 Å². The summed E-state index contributed by atoms with van der Waals surface area (Å²) in [6.07, 6.45) is -66.1. The Morgan fingerprint density at radius 2 is 0.835 bits per heavy atom. The van der Waals surface area contributed by atoms with E-state index in [9.17, 15) is 159 Å². The molecule has 97 heavy (non-hydrogen) atoms. The molecule has 59 heteroatoms. The highest BCUT2D eigenvalue weighted by Crippen LogP contribution is 2.37. The van der Waals surface area contributed by atoms with Crippen LogP contribution in [0, 0.1) is 0 Å². The molecule has 0 aromatic rings. The Labute approximate surface area is 543 Å². The number of aliphatic hydroxyl groups is 11. The van der Waals surface area contributed by atoms with E-state index in [-0.39, 0.29) is 0 Å². The van der Waals surface area contributed by atoms with E-state index in [0.29, 0.717) is 0 Å². The van der Waals surface area contributed by atoms with E-state index in [2.05, 4.69) is 26.2 Å². The van der Waals surface area contributed by atoms with Crippen molar-refractivity contribution in [2.45, 2.75) is 184 Å². The highest BCUT2D eigenvalue weighted by Gasteiger charge is 2.59. The van der Waals surface area contributed by atoms with Crippen LogP contribution < -0.4 is 25.4 Å². The van der Waals surface area contributed by atoms with Crippen LogP contribution in [0.25, 0.3) is 0 Å². The first-order chi connectivity index (χ1) is 44.3. The van der Waals surface area contributed by atoms with Crippen molar-refractivity contribution in [3.63, 3.8) is 0 Å². The molecule has 0 saturated carbocycles. The zero-order chi connectivity index (χ0) is 73.9. The lowest BCUT2D eigenvalue weighted by atomic mass is 9.94. The summed E-state index contributed by atoms with van der Waals surface area (Å²) in [5.41, 5.74) is 5.80. The minimum Gasteiger partial charge on any atom is -0.735 e. The fourth-order valence-corrected chi connectivity index (χ4v) is 12.4. The van der Waals surface area contributed by atoms with Crippen molar-refractivity contribution in [2.24, 2.45) is 5.73 Å². The van der Waals surface area contributed by atoms with E-state index in [1.54, 1.807) is 0 Å². The van der Waals surface area contributed by atoms with E-state index in [4.69, 9.17) is 53.1 Å². The predicted octanol–water partition coefficient (Wildman–Crippen LogP) is -20.8. The molecule has 0 spiro atoms. The van der Waals surface area contributed by atoms with Gasteiger partial charge in [-0.05, 0) is 0 Å². The fraction of sp³-hybridized carbons (Fsp3) is 0.921. The Kier molecular flexibility index (Phi) is 29.1. The van der Waals surface area contributed by atoms with Crippen molar-refractivity contribution in [3.05, 3.63) is 0 Å². The number of aliphatic carboxylic acids is 2. The zero-order valence-corrected chi connectivity index (χ0v) is 52.7. The summed E-state index contributed by atoms with van der Waals surface area (Å²) in [4.78, 5) is 36.1. The molecule has 15 N–H and O–H groups in total. The van der Waals surface area contributed by atoms with E-state index in [1.165, 1.54) is 7.11 Å². The highest BCUT2D eigenvalue weighted by molar-refractivity contribution is 7.84. The van der Waals surface area contributed by atoms with Crippen LogP contribution in [-0.4, -0.2) is 370 Å². The normalized spacial score (nSPS) is 41.2. The molecular weight excluding hydrogens is 1490 g/mol. The third-order valence-corrected chi connectivity index (χ3v) is 16.9. The first-order valence-corrected chi connectivity index (χ1v) is 34.2. The lowest BCUT2D eigenvalue weighted by Crippen LogP contribution is -2.71. The molecule has 6 rings (SSSR count). The van der Waals surface area contributed by atoms with Crippen LogP contribution in [0.15, 0.2) is 0 Å². The van der Waals surface area contributed by atoms with Gasteiger partial charge in [-0.15, -0.1) is 0 Å². The summed E-state index contributed by atoms with van der Waals surface area (Å²) in [5.74, 6) is -6.19. The molecule has 0 radical (unpaired) electrons. The molecular formula is C38H57N3O50S6-8. The van der Waals surface area contributed by atoms with Crippen molar-refractivity contribution < 1.29 is 232 Å². The molecule has 0 aliphatic carbocycles. The number of nitrogens with one attached hydrogen (secondary N) is 2. The molecule has 6 heterocycles. The Bertz CT molecular complexity index is 3370. The maximum Gasteiger partial charge on any atom is 0.337 e. The van der Waals surface area contributed by atoms with Gasteiger partial charge in [0.15, 0.2) is 76.7 Å². The topological polar surface area (TPSA) is 861 Å². The summed E-state index contributed by atoms with van der Waals surface area (Å²) in [6.45, 7) is -4.08. The summed E-state index contributed by atoms with van der Waals surface area (Å²) < 4.78 is 287. The third kappa shape index (κ3) is 22.9. The summed E-state index contributed by atoms with van der Waals surface area (Å²) in [5, 5.41) is 139. The van der Waals surface area contributed by atoms with Crippen molar-refractivity contribution in [2.75, 3.05) is 34.0 Å². The maximum absolute atomic E-state index is 12.5. The number of carbonyl (C=O) groups is 3. The van der Waals surface area contributed by atoms with Crippen LogP contribution in [0.5, 0.6) is 0 Å². The quantitative estimate of drug-likeness (QED) is 0.0206. The number of hydrogen-bond donors (Lipinski definition) is 14. The summed E-state index contributed by atoms with van der Waals surface area (Å²) in [7, 11) is -33.6. The van der Waals surface area contributed by atoms with Crippen LogP contribution in [0.4, 0.5) is 0 Å². The number of rotatable bonds is 27. The first kappa shape index (κ1) is 84.4. The molecule has 0 aromatic carbocycles. The van der Waals surface area contributed by atoms with Crippen LogP contribution >= 0.6 is 0 Å². The molecule has 30 unspecified atom stereocenters. The monoisotopic (exact) mass is 1550 g/mol. The minimum absolute atomic E-state index is 0.581. The fourth-order valence-electron chi connectivity index (χ4n) is 9.71. The Hall–Kier alpha value is -3.29. The zero-order valence-electron chi connectivity index (χ0n) is 47.8. The smallest absolute Gasteiger partial charge is 0.337 e. The van der Waals surface area contributed by atoms with Gasteiger partial charge in [-0.2, -0.15) is 0 Å². The highest BCUT2D eigenvalue weighted by atomic mass is 32.3. The van der Waals surface area contributed by atoms with Gasteiger partial charge in [0, 0.05) is 7.11 Å². The second-order valence-electron chi connectivity index (χ2n) is 20.4. The number of carbonyl (C=O) groups excluding carboxylic acids is 3. The van der Waals surface area contributed by atoms with Gasteiger partial charge in [0.2, 0.25) is 41.6 Å². The standard InChI is InChI=1S/C24H40N2O39S6.C14H25NO11/c27-7-3(1-55-68(43,44)45)57-22(5(8(7)28)25-66(37,38)39)62-14-11(31)16(65-71(52,53)54)24(63-18(14)20(34)35)60-12-4(2-56-69(46,47)48)58-23(6(9(12)29)26-67(40,41)42)61-13-10(30)15(64-70(49,50)51)21(36)59-17(13)19(32)33;1-22-12(21)11-8(19)7(18)9(20)14(26-11)25-10-4(3-16)24-13(23-2)5(15)6(10)17/h3-18,21-31,36H,1-2H2,(H,32,33)(H,34,35)(H,37,38,39)(H,40,41,42)(H,43,44,45)(H,46,47,48)(H,49,50,51)(H,52,53,54);4-11,13-14,16-20H,3,15H2,1-2H3/p-8. The van der Waals surface area contributed by atoms with E-state index in [1.807, 2.05) is 0 Å². The molecule has 0 aromatic heterocycles. The third-order valence-electron chi connectivity index (χ3n) is 14.0. The molecule has 0 amide bonds. The van der Waals surface area contributed by atoms with Crippen molar-refractivity contribution in [1.82, 2.24) is 9.44 Å². The Balaban J connectivity index is 0.000000543. The van der Waals surface area contributed by atoms with Gasteiger partial charge < -0.3 is 166 Å². The summed E-state index contributed by atoms with van der Waals surface area (Å²) in [6, 6.07) is -6.72. The van der Waals surface area contributed by atoms with Gasteiger partial charge in [0.05, 0.1) is 44.9 Å². The molecule has 6 aliphatic heterocycles. The van der Waals surface area contributed by atoms with Crippen LogP contribution in [0.1, 0.15) is 0 Å². The Morgan fingerprint density at radius 3 is 1.29 bits per heavy atom. The Morgan fingerprint density at radius 1 is 0.423 bits per heavy atom. The SMILES string of the molecule is COC(=O)C1OC(OC2C(CO)OC(OC)C(N)C2O)C(O)C(O)C1O.O=C([O-])C1OC(O)C(OS(=O)(=O)[O-])C(O)C1OC1OC(COS(=O)(=O)[O-])C(OC2OC(C(=O)[O-])C(OC3OC(COS(=O)(=O)[O-])C(O)C(O)C3NS(=O)(=O)[O-])C(O)C2OS(=O)(=O)[O-])C(O)C1NS(=O)(=O)[O-]. The average molecular weight is 1550 g/mol. The van der Waals surface area contributed by atoms with Gasteiger partial charge in [-0.3, -0.25) is 16.7 Å². The van der Waals surface area contributed by atoms with Crippen molar-refractivity contribution in [1.29, 1.82) is 0 Å². The van der Waals surface area contributed by atoms with Gasteiger partial charge >= 0.3 is 5.97 Å². The number of esters is 1. The van der Waals surface area contributed by atoms with Gasteiger partial charge in [-0.1, -0.05) is 0 Å². The van der Waals surface area contributed by atoms with Gasteiger partial charge in [0.25, 0.3) is 0 Å². The largest absolute Gasteiger partial charge is 0.735 e. The maximum atomic E-state index is 12.5. The molecule has 0 bridgehead atoms. The van der Waals surface area contributed by atoms with Crippen molar-refractivity contribution >= 4 is 80.1 Å². The van der Waals surface area contributed by atoms with Crippen LogP contribution in [0.2, 0.25) is 0 Å². The van der Waals surface area contributed by atoms with Crippen LogP contribution in [0.3, 0.4) is 0 Å². The van der Waals surface area contributed by atoms with Crippen LogP contribution in [-0.2, 0) is 150 Å². The number of aliphatic hydroxyl groups excluding tert-OH is 11. The second kappa shape index (κ2) is 33.4. The molecule has 568 valence electrons. The minimum atomic E-state index is -6.35. The van der Waals surface area contributed by atoms with E-state index in [0.717, 1.165) is 16.6 Å². The van der Waals surface area contributed by atoms with Gasteiger partial charge in [0.1, 0.15) is 122 Å². The first-order valence-electron chi connectivity index (χ1n) is 26.0. The molecule has 6 aliphatic rings. The second-order valence-corrected chi connectivity index (χ2v) is 26.8. The van der Waals surface area contributed by atoms with E-state index >= 15 is 0 Å². The summed E-state index contributed by atoms with van der Waals surface area (Å²) >= 11 is 0. The number of nitrogens with two attached hydrogens (primary N) is 1. The molecule has 6 fully saturated rings. The van der Waals surface area contributed by atoms with Gasteiger partial charge in [-0.25, -0.2) is 64.7 Å². The number of carboxylic acids is 2.